The van der Waals surface area contributed by atoms with E-state index in [1.54, 1.807) is 6.20 Å². The topological polar surface area (TPSA) is 127 Å². The molecule has 1 aliphatic rings. The van der Waals surface area contributed by atoms with Crippen LogP contribution in [0.2, 0.25) is 0 Å². The molecule has 1 fully saturated rings. The fraction of sp³-hybridized carbons (Fsp3) is 0.267. The van der Waals surface area contributed by atoms with Gasteiger partial charge in [0.05, 0.1) is 25.0 Å². The minimum absolute atomic E-state index is 0. The molecule has 10 heteroatoms. The molecule has 122 valence electrons. The standard InChI is InChI=1S/C14H16N4O.CH2O3.2K/c1-10-7-16-13(15)14(17-10)18-8-12(9-18)19-11-5-3-2-4-6-11;2-1(3)4;;/h2-7,12H,8-9H2,1H3,(H2,15,16);(H2,2,3,4);;/q;;2*+1/p-2. The summed E-state index contributed by atoms with van der Waals surface area (Å²) in [6, 6.07) is 9.83. The molecule has 2 heterocycles. The van der Waals surface area contributed by atoms with Crippen molar-refractivity contribution in [2.24, 2.45) is 0 Å². The second-order valence-corrected chi connectivity index (χ2v) is 4.93. The maximum atomic E-state index is 8.33. The number of ether oxygens (including phenoxy) is 1. The van der Waals surface area contributed by atoms with Crippen molar-refractivity contribution in [3.05, 3.63) is 42.2 Å². The molecule has 0 spiro atoms. The average molecular weight is 395 g/mol. The first-order valence-electron chi connectivity index (χ1n) is 6.89. The van der Waals surface area contributed by atoms with Gasteiger partial charge in [-0.15, -0.1) is 0 Å². The van der Waals surface area contributed by atoms with Crippen LogP contribution in [-0.2, 0) is 0 Å². The van der Waals surface area contributed by atoms with Crippen LogP contribution in [0.4, 0.5) is 16.4 Å². The van der Waals surface area contributed by atoms with Crippen molar-refractivity contribution >= 4 is 17.8 Å². The molecule has 1 aliphatic heterocycles. The van der Waals surface area contributed by atoms with Gasteiger partial charge in [0, 0.05) is 0 Å². The number of carboxylic acid groups (broad SMARTS) is 2. The van der Waals surface area contributed by atoms with Gasteiger partial charge in [0.2, 0.25) is 0 Å². The Bertz CT molecular complexity index is 666. The van der Waals surface area contributed by atoms with E-state index in [0.717, 1.165) is 30.4 Å². The van der Waals surface area contributed by atoms with E-state index in [9.17, 15) is 0 Å². The fourth-order valence-corrected chi connectivity index (χ4v) is 2.08. The van der Waals surface area contributed by atoms with E-state index in [1.807, 2.05) is 37.3 Å². The first-order valence-corrected chi connectivity index (χ1v) is 6.89. The van der Waals surface area contributed by atoms with Gasteiger partial charge in [-0.2, -0.15) is 0 Å². The third-order valence-electron chi connectivity index (χ3n) is 3.10. The number of hydrogen-bond donors (Lipinski definition) is 1. The van der Waals surface area contributed by atoms with Gasteiger partial charge in [-0.1, -0.05) is 18.2 Å². The molecule has 2 aromatic rings. The maximum absolute atomic E-state index is 8.33. The number of hydrogen-bond acceptors (Lipinski definition) is 8. The fourth-order valence-electron chi connectivity index (χ4n) is 2.08. The van der Waals surface area contributed by atoms with Gasteiger partial charge in [0.25, 0.3) is 0 Å². The van der Waals surface area contributed by atoms with Crippen LogP contribution in [0.5, 0.6) is 5.75 Å². The summed E-state index contributed by atoms with van der Waals surface area (Å²) in [5.41, 5.74) is 6.71. The number of anilines is 2. The minimum Gasteiger partial charge on any atom is -0.652 e. The zero-order valence-electron chi connectivity index (χ0n) is 14.5. The summed E-state index contributed by atoms with van der Waals surface area (Å²) in [6.07, 6.45) is -0.472. The molecule has 0 atom stereocenters. The van der Waals surface area contributed by atoms with Crippen LogP contribution in [0.3, 0.4) is 0 Å². The Hall–Kier alpha value is 0.243. The number of carbonyl (C=O) groups is 1. The van der Waals surface area contributed by atoms with Crippen LogP contribution >= 0.6 is 0 Å². The number of nitrogen functional groups attached to an aromatic ring is 1. The van der Waals surface area contributed by atoms with Crippen molar-refractivity contribution in [2.75, 3.05) is 23.7 Å². The molecule has 1 saturated heterocycles. The number of nitrogens with two attached hydrogens (primary N) is 1. The summed E-state index contributed by atoms with van der Waals surface area (Å²) >= 11 is 0. The van der Waals surface area contributed by atoms with E-state index in [-0.39, 0.29) is 109 Å². The third-order valence-corrected chi connectivity index (χ3v) is 3.10. The predicted molar refractivity (Wildman–Crippen MR) is 79.6 cm³/mol. The van der Waals surface area contributed by atoms with E-state index in [2.05, 4.69) is 14.9 Å². The Morgan fingerprint density at radius 1 is 1.24 bits per heavy atom. The Labute approximate surface area is 231 Å². The molecular weight excluding hydrogens is 378 g/mol. The summed E-state index contributed by atoms with van der Waals surface area (Å²) in [5.74, 6) is 2.13. The van der Waals surface area contributed by atoms with Crippen LogP contribution < -0.4 is 128 Å². The summed E-state index contributed by atoms with van der Waals surface area (Å²) in [6.45, 7) is 3.49. The molecule has 0 aliphatic carbocycles. The van der Waals surface area contributed by atoms with E-state index in [4.69, 9.17) is 25.5 Å². The van der Waals surface area contributed by atoms with Gasteiger partial charge < -0.3 is 30.4 Å². The number of carbonyl (C=O) groups excluding carboxylic acids is 1. The molecule has 0 saturated carbocycles. The van der Waals surface area contributed by atoms with Crippen molar-refractivity contribution in [1.29, 1.82) is 0 Å². The number of para-hydroxylation sites is 1. The van der Waals surface area contributed by atoms with E-state index >= 15 is 0 Å². The molecule has 1 aromatic heterocycles. The maximum Gasteiger partial charge on any atom is 1.00 e. The Morgan fingerprint density at radius 2 is 1.80 bits per heavy atom. The van der Waals surface area contributed by atoms with Gasteiger partial charge in [-0.05, 0) is 25.2 Å². The second kappa shape index (κ2) is 12.6. The molecular formula is C15H16K2N4O4. The van der Waals surface area contributed by atoms with E-state index in [0.29, 0.717) is 5.82 Å². The van der Waals surface area contributed by atoms with Crippen LogP contribution in [-0.4, -0.2) is 35.3 Å². The van der Waals surface area contributed by atoms with Crippen LogP contribution in [0.25, 0.3) is 0 Å². The molecule has 1 aromatic carbocycles. The quantitative estimate of drug-likeness (QED) is 0.509. The zero-order valence-corrected chi connectivity index (χ0v) is 20.8. The zero-order chi connectivity index (χ0) is 16.8. The number of benzene rings is 1. The van der Waals surface area contributed by atoms with Gasteiger partial charge in [-0.25, -0.2) is 9.97 Å². The van der Waals surface area contributed by atoms with Crippen LogP contribution in [0.1, 0.15) is 5.69 Å². The first kappa shape index (κ1) is 25.2. The van der Waals surface area contributed by atoms with Crippen molar-refractivity contribution < 1.29 is 123 Å². The van der Waals surface area contributed by atoms with E-state index < -0.39 is 6.16 Å². The molecule has 0 radical (unpaired) electrons. The molecule has 25 heavy (non-hydrogen) atoms. The molecule has 8 nitrogen and oxygen atoms in total. The van der Waals surface area contributed by atoms with Crippen molar-refractivity contribution in [3.8, 4) is 5.75 Å². The van der Waals surface area contributed by atoms with Gasteiger partial charge in [0.15, 0.2) is 11.6 Å². The van der Waals surface area contributed by atoms with Crippen molar-refractivity contribution in [2.45, 2.75) is 13.0 Å². The van der Waals surface area contributed by atoms with Gasteiger partial charge in [0.1, 0.15) is 11.9 Å². The Kier molecular flexibility index (Phi) is 12.7. The van der Waals surface area contributed by atoms with Crippen LogP contribution in [0.15, 0.2) is 36.5 Å². The summed E-state index contributed by atoms with van der Waals surface area (Å²) < 4.78 is 5.84. The molecule has 0 unspecified atom stereocenters. The van der Waals surface area contributed by atoms with E-state index in [1.165, 1.54) is 0 Å². The number of aryl methyl sites for hydroxylation is 1. The molecule has 2 N–H and O–H groups in total. The smallest absolute Gasteiger partial charge is 0.652 e. The molecule has 3 rings (SSSR count). The van der Waals surface area contributed by atoms with Crippen LogP contribution in [0, 0.1) is 6.92 Å². The predicted octanol–water partition coefficient (Wildman–Crippen LogP) is -6.80. The minimum atomic E-state index is -2.33. The SMILES string of the molecule is Cc1cnc(N)c(N2CC(Oc3ccccc3)C2)n1.O=C([O-])[O-].[K+].[K+]. The Morgan fingerprint density at radius 3 is 2.36 bits per heavy atom. The number of aromatic nitrogens is 2. The Balaban J connectivity index is 0.000000874. The number of rotatable bonds is 3. The summed E-state index contributed by atoms with van der Waals surface area (Å²) in [7, 11) is 0. The van der Waals surface area contributed by atoms with Gasteiger partial charge >= 0.3 is 103 Å². The third kappa shape index (κ3) is 8.65. The first-order chi connectivity index (χ1) is 11.0. The second-order valence-electron chi connectivity index (χ2n) is 4.93. The monoisotopic (exact) mass is 394 g/mol. The molecule has 0 bridgehead atoms. The largest absolute Gasteiger partial charge is 1.00 e. The average Bonchev–Trinajstić information content (AvgIpc) is 2.46. The normalized spacial score (nSPS) is 12.4. The summed E-state index contributed by atoms with van der Waals surface area (Å²) in [4.78, 5) is 19.0. The van der Waals surface area contributed by atoms with Crippen molar-refractivity contribution in [1.82, 2.24) is 9.97 Å². The molecule has 0 amide bonds. The van der Waals surface area contributed by atoms with Crippen molar-refractivity contribution in [3.63, 3.8) is 0 Å². The van der Waals surface area contributed by atoms with Gasteiger partial charge in [-0.3, -0.25) is 0 Å². The number of nitrogens with zero attached hydrogens (tertiary/aromatic N) is 3. The summed E-state index contributed by atoms with van der Waals surface area (Å²) in [5, 5.41) is 16.7.